The van der Waals surface area contributed by atoms with Crippen LogP contribution in [0, 0.1) is 0 Å². The number of carbonyl (C=O) groups is 2. The number of fused-ring (bicyclic) bond motifs is 1. The van der Waals surface area contributed by atoms with Gasteiger partial charge in [-0.25, -0.2) is 4.79 Å². The quantitative estimate of drug-likeness (QED) is 0.112. The van der Waals surface area contributed by atoms with Crippen molar-refractivity contribution in [2.45, 2.75) is 75.4 Å². The first kappa shape index (κ1) is 33.2. The summed E-state index contributed by atoms with van der Waals surface area (Å²) in [5.41, 5.74) is 0.997. The van der Waals surface area contributed by atoms with Gasteiger partial charge in [-0.1, -0.05) is 11.6 Å². The molecule has 0 bridgehead atoms. The number of hydrogen-bond donors (Lipinski definition) is 6. The minimum atomic E-state index is -0.0415. The average molecular weight is 630 g/mol. The minimum Gasteiger partial charge on any atom is -0.356 e. The zero-order valence-electron chi connectivity index (χ0n) is 24.0. The van der Waals surface area contributed by atoms with Gasteiger partial charge in [0.05, 0.1) is 17.8 Å². The molecule has 4 heterocycles. The monoisotopic (exact) mass is 628 g/mol. The first-order valence-electron chi connectivity index (χ1n) is 14.9. The number of nitrogens with zero attached hydrogens (tertiary/aromatic N) is 4. The number of rotatable bonds is 11. The molecule has 4 rings (SSSR count). The second-order valence-electron chi connectivity index (χ2n) is 10.8. The molecule has 3 aliphatic heterocycles. The first-order valence-corrected chi connectivity index (χ1v) is 15.9. The zero-order chi connectivity index (χ0) is 27.1. The van der Waals surface area contributed by atoms with Crippen molar-refractivity contribution in [2.75, 3.05) is 64.7 Å². The Kier molecular flexibility index (Phi) is 15.8. The van der Waals surface area contributed by atoms with E-state index in [4.69, 9.17) is 0 Å². The van der Waals surface area contributed by atoms with E-state index >= 15 is 0 Å². The SMILES string of the molecule is O=C(CCCC[C@@H]1SC[C@@H]2NC(=O)N[C@@H]21)NCCCn1cc(CN2CCCNCCNCCCNCC2)nn1.[Zn]. The third-order valence-corrected chi connectivity index (χ3v) is 9.07. The summed E-state index contributed by atoms with van der Waals surface area (Å²) in [6.45, 7) is 10.4. The van der Waals surface area contributed by atoms with Gasteiger partial charge in [0.1, 0.15) is 0 Å². The number of carbonyl (C=O) groups excluding carboxylic acids is 2. The van der Waals surface area contributed by atoms with Crippen LogP contribution in [0.25, 0.3) is 0 Å². The van der Waals surface area contributed by atoms with Crippen molar-refractivity contribution in [3.05, 3.63) is 11.9 Å². The first-order chi connectivity index (χ1) is 19.2. The van der Waals surface area contributed by atoms with Crippen LogP contribution in [0.2, 0.25) is 0 Å². The van der Waals surface area contributed by atoms with E-state index in [1.54, 1.807) is 0 Å². The summed E-state index contributed by atoms with van der Waals surface area (Å²) in [5.74, 6) is 1.09. The maximum atomic E-state index is 12.2. The Hall–Kier alpha value is -1.31. The molecule has 3 amide bonds. The van der Waals surface area contributed by atoms with Crippen molar-refractivity contribution in [1.29, 1.82) is 0 Å². The smallest absolute Gasteiger partial charge is 0.315 e. The van der Waals surface area contributed by atoms with Gasteiger partial charge in [0.2, 0.25) is 5.91 Å². The van der Waals surface area contributed by atoms with Crippen LogP contribution in [0.5, 0.6) is 0 Å². The summed E-state index contributed by atoms with van der Waals surface area (Å²) < 4.78 is 1.89. The van der Waals surface area contributed by atoms with Gasteiger partial charge in [-0.2, -0.15) is 11.8 Å². The largest absolute Gasteiger partial charge is 0.356 e. The molecule has 6 N–H and O–H groups in total. The van der Waals surface area contributed by atoms with Crippen molar-refractivity contribution in [2.24, 2.45) is 0 Å². The summed E-state index contributed by atoms with van der Waals surface area (Å²) >= 11 is 1.93. The number of unbranched alkanes of at least 4 members (excludes halogenated alkanes) is 1. The molecule has 0 aromatic carbocycles. The van der Waals surface area contributed by atoms with Crippen molar-refractivity contribution in [3.8, 4) is 0 Å². The van der Waals surface area contributed by atoms with E-state index < -0.39 is 0 Å². The molecular weight excluding hydrogens is 582 g/mol. The van der Waals surface area contributed by atoms with Gasteiger partial charge in [0.15, 0.2) is 0 Å². The molecule has 3 atom stereocenters. The Bertz CT molecular complexity index is 864. The molecule has 1 aromatic rings. The van der Waals surface area contributed by atoms with Crippen molar-refractivity contribution < 1.29 is 29.1 Å². The van der Waals surface area contributed by atoms with Crippen LogP contribution < -0.4 is 31.9 Å². The van der Waals surface area contributed by atoms with E-state index in [2.05, 4.69) is 47.1 Å². The minimum absolute atomic E-state index is 0. The Morgan fingerprint density at radius 1 is 1.00 bits per heavy atom. The molecule has 12 nitrogen and oxygen atoms in total. The van der Waals surface area contributed by atoms with E-state index in [1.807, 2.05) is 22.6 Å². The molecule has 0 saturated carbocycles. The molecule has 3 fully saturated rings. The molecule has 14 heteroatoms. The topological polar surface area (TPSA) is 140 Å². The summed E-state index contributed by atoms with van der Waals surface area (Å²) in [4.78, 5) is 26.2. The Morgan fingerprint density at radius 3 is 2.65 bits per heavy atom. The van der Waals surface area contributed by atoms with E-state index in [0.29, 0.717) is 18.2 Å². The van der Waals surface area contributed by atoms with Crippen LogP contribution in [-0.4, -0.2) is 114 Å². The van der Waals surface area contributed by atoms with Crippen LogP contribution in [0.3, 0.4) is 0 Å². The van der Waals surface area contributed by atoms with Gasteiger partial charge in [0, 0.05) is 88.9 Å². The fourth-order valence-corrected chi connectivity index (χ4v) is 6.95. The second-order valence-corrected chi connectivity index (χ2v) is 12.0. The number of urea groups is 1. The van der Waals surface area contributed by atoms with Gasteiger partial charge in [-0.3, -0.25) is 14.4 Å². The van der Waals surface area contributed by atoms with Crippen molar-refractivity contribution in [3.63, 3.8) is 0 Å². The number of aryl methyl sites for hydroxylation is 1. The fourth-order valence-electron chi connectivity index (χ4n) is 5.41. The fraction of sp³-hybridized carbons (Fsp3) is 0.846. The van der Waals surface area contributed by atoms with Gasteiger partial charge in [-0.05, 0) is 58.3 Å². The van der Waals surface area contributed by atoms with Crippen LogP contribution in [0.1, 0.15) is 50.6 Å². The normalized spacial score (nSPS) is 24.8. The van der Waals surface area contributed by atoms with Gasteiger partial charge < -0.3 is 31.9 Å². The molecule has 3 saturated heterocycles. The van der Waals surface area contributed by atoms with Crippen LogP contribution in [0.4, 0.5) is 4.79 Å². The summed E-state index contributed by atoms with van der Waals surface area (Å²) in [6, 6.07) is 0.467. The van der Waals surface area contributed by atoms with Crippen LogP contribution in [0.15, 0.2) is 6.20 Å². The molecule has 40 heavy (non-hydrogen) atoms. The number of nitrogens with one attached hydrogen (secondary N) is 6. The maximum absolute atomic E-state index is 12.2. The molecule has 0 aliphatic carbocycles. The molecule has 222 valence electrons. The van der Waals surface area contributed by atoms with Crippen molar-refractivity contribution in [1.82, 2.24) is 51.8 Å². The molecule has 0 unspecified atom stereocenters. The van der Waals surface area contributed by atoms with Crippen molar-refractivity contribution >= 4 is 23.7 Å². The molecule has 1 aromatic heterocycles. The predicted octanol–water partition coefficient (Wildman–Crippen LogP) is -0.128. The Labute approximate surface area is 255 Å². The Morgan fingerprint density at radius 2 is 1.80 bits per heavy atom. The molecule has 0 spiro atoms. The van der Waals surface area contributed by atoms with Gasteiger partial charge in [0.25, 0.3) is 0 Å². The number of aromatic nitrogens is 3. The van der Waals surface area contributed by atoms with E-state index in [0.717, 1.165) is 115 Å². The van der Waals surface area contributed by atoms with E-state index in [1.165, 1.54) is 0 Å². The number of hydrogen-bond acceptors (Lipinski definition) is 9. The standard InChI is InChI=1S/C26H48N10O2S.Zn/c37-24(7-2-1-6-23-25-22(20-39-23)31-26(38)32-25)30-11-5-16-36-19-21(33-34-36)18-35-15-4-10-28-13-12-27-8-3-9-29-14-17-35;/h19,22-23,25,27-29H,1-18,20H2,(H,30,37)(H2,31,32,38);/t22-,23-,25-;/m0./s1. The summed E-state index contributed by atoms with van der Waals surface area (Å²) in [6.07, 6.45) is 8.62. The van der Waals surface area contributed by atoms with Gasteiger partial charge >= 0.3 is 6.03 Å². The summed E-state index contributed by atoms with van der Waals surface area (Å²) in [7, 11) is 0. The molecular formula is C26H48N10O2SZn. The van der Waals surface area contributed by atoms with Crippen LogP contribution in [-0.2, 0) is 37.4 Å². The molecule has 3 aliphatic rings. The molecule has 0 radical (unpaired) electrons. The summed E-state index contributed by atoms with van der Waals surface area (Å²) in [5, 5.41) is 28.7. The maximum Gasteiger partial charge on any atom is 0.315 e. The zero-order valence-corrected chi connectivity index (χ0v) is 27.7. The predicted molar refractivity (Wildman–Crippen MR) is 155 cm³/mol. The third kappa shape index (κ3) is 11.9. The number of thioether (sulfide) groups is 1. The Balaban J connectivity index is 0.00000441. The second kappa shape index (κ2) is 19.0. The average Bonchev–Trinajstić information content (AvgIpc) is 3.63. The van der Waals surface area contributed by atoms with E-state index in [9.17, 15) is 9.59 Å². The van der Waals surface area contributed by atoms with Gasteiger partial charge in [-0.15, -0.1) is 5.10 Å². The third-order valence-electron chi connectivity index (χ3n) is 7.56. The van der Waals surface area contributed by atoms with Crippen LogP contribution >= 0.6 is 11.8 Å². The van der Waals surface area contributed by atoms with E-state index in [-0.39, 0.29) is 43.5 Å². The number of amides is 3.